The van der Waals surface area contributed by atoms with Crippen LogP contribution >= 0.6 is 0 Å². The second kappa shape index (κ2) is 10.3. The van der Waals surface area contributed by atoms with Crippen LogP contribution in [0.4, 0.5) is 0 Å². The molecular formula is C25H34N2O3. The Kier molecular flexibility index (Phi) is 8.04. The molecule has 0 aliphatic rings. The molecule has 2 rings (SSSR count). The monoisotopic (exact) mass is 410 g/mol. The topological polar surface area (TPSA) is 58.6 Å². The van der Waals surface area contributed by atoms with Crippen LogP contribution in [0, 0.1) is 13.8 Å². The van der Waals surface area contributed by atoms with Gasteiger partial charge in [-0.25, -0.2) is 0 Å². The van der Waals surface area contributed by atoms with Crippen molar-refractivity contribution in [2.45, 2.75) is 66.1 Å². The normalized spacial score (nSPS) is 12.2. The molecule has 5 heteroatoms. The highest BCUT2D eigenvalue weighted by molar-refractivity contribution is 5.88. The van der Waals surface area contributed by atoms with E-state index >= 15 is 0 Å². The molecule has 0 fully saturated rings. The lowest BCUT2D eigenvalue weighted by atomic mass is 10.1. The van der Waals surface area contributed by atoms with Crippen LogP contribution in [0.25, 0.3) is 0 Å². The highest BCUT2D eigenvalue weighted by atomic mass is 16.5. The molecule has 1 atom stereocenters. The number of ether oxygens (including phenoxy) is 1. The lowest BCUT2D eigenvalue weighted by molar-refractivity contribution is -0.143. The summed E-state index contributed by atoms with van der Waals surface area (Å²) >= 11 is 0. The zero-order chi connectivity index (χ0) is 22.3. The standard InChI is InChI=1S/C25H34N2O3/c1-7-22(24(29)26-25(4,5)6)27(16-20-11-9-8-10-12-20)23(28)17-30-21-14-13-18(2)19(3)15-21/h8-15,22H,7,16-17H2,1-6H3,(H,26,29). The van der Waals surface area contributed by atoms with E-state index in [0.717, 1.165) is 11.1 Å². The number of carbonyl (C=O) groups is 2. The van der Waals surface area contributed by atoms with Gasteiger partial charge in [0.2, 0.25) is 5.91 Å². The van der Waals surface area contributed by atoms with Gasteiger partial charge in [0.05, 0.1) is 0 Å². The van der Waals surface area contributed by atoms with Crippen LogP contribution in [0.5, 0.6) is 5.75 Å². The molecule has 1 N–H and O–H groups in total. The summed E-state index contributed by atoms with van der Waals surface area (Å²) in [7, 11) is 0. The van der Waals surface area contributed by atoms with Gasteiger partial charge in [0.25, 0.3) is 5.91 Å². The molecule has 2 aromatic carbocycles. The van der Waals surface area contributed by atoms with Crippen molar-refractivity contribution in [3.8, 4) is 5.75 Å². The minimum absolute atomic E-state index is 0.116. The Balaban J connectivity index is 2.21. The molecule has 2 amide bonds. The summed E-state index contributed by atoms with van der Waals surface area (Å²) in [5.41, 5.74) is 2.88. The summed E-state index contributed by atoms with van der Waals surface area (Å²) in [5.74, 6) is 0.284. The highest BCUT2D eigenvalue weighted by Gasteiger charge is 2.30. The predicted molar refractivity (Wildman–Crippen MR) is 120 cm³/mol. The smallest absolute Gasteiger partial charge is 0.261 e. The van der Waals surface area contributed by atoms with Crippen molar-refractivity contribution < 1.29 is 14.3 Å². The molecule has 30 heavy (non-hydrogen) atoms. The van der Waals surface area contributed by atoms with Crippen LogP contribution < -0.4 is 10.1 Å². The van der Waals surface area contributed by atoms with E-state index in [-0.39, 0.29) is 24.0 Å². The number of benzene rings is 2. The van der Waals surface area contributed by atoms with Gasteiger partial charge in [-0.2, -0.15) is 0 Å². The first-order chi connectivity index (χ1) is 14.1. The number of hydrogen-bond acceptors (Lipinski definition) is 3. The van der Waals surface area contributed by atoms with Crippen LogP contribution in [0.1, 0.15) is 50.8 Å². The summed E-state index contributed by atoms with van der Waals surface area (Å²) in [4.78, 5) is 27.7. The number of amides is 2. The van der Waals surface area contributed by atoms with Crippen molar-refractivity contribution in [1.29, 1.82) is 0 Å². The van der Waals surface area contributed by atoms with E-state index < -0.39 is 6.04 Å². The number of nitrogens with zero attached hydrogens (tertiary/aromatic N) is 1. The minimum atomic E-state index is -0.569. The van der Waals surface area contributed by atoms with Crippen molar-refractivity contribution in [2.24, 2.45) is 0 Å². The van der Waals surface area contributed by atoms with Crippen molar-refractivity contribution in [3.63, 3.8) is 0 Å². The Labute approximate surface area is 180 Å². The van der Waals surface area contributed by atoms with Gasteiger partial charge >= 0.3 is 0 Å². The summed E-state index contributed by atoms with van der Waals surface area (Å²) < 4.78 is 5.77. The first kappa shape index (κ1) is 23.5. The third kappa shape index (κ3) is 6.90. The van der Waals surface area contributed by atoms with Crippen LogP contribution in [0.3, 0.4) is 0 Å². The van der Waals surface area contributed by atoms with Crippen molar-refractivity contribution in [1.82, 2.24) is 10.2 Å². The van der Waals surface area contributed by atoms with E-state index in [1.807, 2.05) is 90.1 Å². The third-order valence-electron chi connectivity index (χ3n) is 4.92. The molecule has 0 aliphatic heterocycles. The largest absolute Gasteiger partial charge is 0.484 e. The van der Waals surface area contributed by atoms with Gasteiger partial charge in [0, 0.05) is 12.1 Å². The summed E-state index contributed by atoms with van der Waals surface area (Å²) in [6, 6.07) is 14.9. The van der Waals surface area contributed by atoms with Gasteiger partial charge < -0.3 is 15.0 Å². The molecule has 0 radical (unpaired) electrons. The van der Waals surface area contributed by atoms with Gasteiger partial charge in [-0.3, -0.25) is 9.59 Å². The van der Waals surface area contributed by atoms with E-state index in [2.05, 4.69) is 5.32 Å². The maximum Gasteiger partial charge on any atom is 0.261 e. The quantitative estimate of drug-likeness (QED) is 0.701. The highest BCUT2D eigenvalue weighted by Crippen LogP contribution is 2.18. The molecule has 0 saturated heterocycles. The summed E-state index contributed by atoms with van der Waals surface area (Å²) in [5, 5.41) is 3.01. The molecular weight excluding hydrogens is 376 g/mol. The lowest BCUT2D eigenvalue weighted by Gasteiger charge is -2.33. The zero-order valence-electron chi connectivity index (χ0n) is 19.0. The molecule has 0 bridgehead atoms. The lowest BCUT2D eigenvalue weighted by Crippen LogP contribution is -2.54. The average Bonchev–Trinajstić information content (AvgIpc) is 2.68. The molecule has 1 unspecified atom stereocenters. The molecule has 2 aromatic rings. The number of rotatable bonds is 8. The van der Waals surface area contributed by atoms with Crippen LogP contribution in [-0.4, -0.2) is 34.9 Å². The molecule has 0 saturated carbocycles. The maximum atomic E-state index is 13.2. The zero-order valence-corrected chi connectivity index (χ0v) is 19.0. The first-order valence-electron chi connectivity index (χ1n) is 10.5. The van der Waals surface area contributed by atoms with E-state index in [1.165, 1.54) is 5.56 Å². The van der Waals surface area contributed by atoms with Crippen LogP contribution in [-0.2, 0) is 16.1 Å². The number of carbonyl (C=O) groups excluding carboxylic acids is 2. The second-order valence-electron chi connectivity index (χ2n) is 8.71. The fraction of sp³-hybridized carbons (Fsp3) is 0.440. The molecule has 0 heterocycles. The minimum Gasteiger partial charge on any atom is -0.484 e. The van der Waals surface area contributed by atoms with E-state index in [0.29, 0.717) is 18.7 Å². The Morgan fingerprint density at radius 2 is 1.70 bits per heavy atom. The predicted octanol–water partition coefficient (Wildman–Crippen LogP) is 4.40. The number of aryl methyl sites for hydroxylation is 2. The summed E-state index contributed by atoms with van der Waals surface area (Å²) in [6.45, 7) is 12.0. The molecule has 0 aliphatic carbocycles. The van der Waals surface area contributed by atoms with Gasteiger partial charge in [-0.1, -0.05) is 43.3 Å². The Morgan fingerprint density at radius 1 is 1.03 bits per heavy atom. The number of hydrogen-bond donors (Lipinski definition) is 1. The fourth-order valence-corrected chi connectivity index (χ4v) is 3.18. The molecule has 0 aromatic heterocycles. The van der Waals surface area contributed by atoms with Crippen LogP contribution in [0.2, 0.25) is 0 Å². The van der Waals surface area contributed by atoms with E-state index in [4.69, 9.17) is 4.74 Å². The van der Waals surface area contributed by atoms with Crippen molar-refractivity contribution >= 4 is 11.8 Å². The van der Waals surface area contributed by atoms with Gasteiger partial charge in [0.1, 0.15) is 11.8 Å². The maximum absolute atomic E-state index is 13.2. The number of nitrogens with one attached hydrogen (secondary N) is 1. The Morgan fingerprint density at radius 3 is 2.27 bits per heavy atom. The van der Waals surface area contributed by atoms with Gasteiger partial charge in [-0.15, -0.1) is 0 Å². The molecule has 5 nitrogen and oxygen atoms in total. The van der Waals surface area contributed by atoms with Crippen LogP contribution in [0.15, 0.2) is 48.5 Å². The van der Waals surface area contributed by atoms with Gasteiger partial charge in [0.15, 0.2) is 6.61 Å². The van der Waals surface area contributed by atoms with Crippen molar-refractivity contribution in [3.05, 3.63) is 65.2 Å². The SMILES string of the molecule is CCC(C(=O)NC(C)(C)C)N(Cc1ccccc1)C(=O)COc1ccc(C)c(C)c1. The fourth-order valence-electron chi connectivity index (χ4n) is 3.18. The van der Waals surface area contributed by atoms with Crippen molar-refractivity contribution in [2.75, 3.05) is 6.61 Å². The molecule has 162 valence electrons. The van der Waals surface area contributed by atoms with Gasteiger partial charge in [-0.05, 0) is 69.9 Å². The summed E-state index contributed by atoms with van der Waals surface area (Å²) in [6.07, 6.45) is 0.518. The average molecular weight is 411 g/mol. The second-order valence-corrected chi connectivity index (χ2v) is 8.71. The third-order valence-corrected chi connectivity index (χ3v) is 4.92. The Bertz CT molecular complexity index is 856. The van der Waals surface area contributed by atoms with E-state index in [1.54, 1.807) is 4.90 Å². The molecule has 0 spiro atoms. The first-order valence-corrected chi connectivity index (χ1v) is 10.5. The van der Waals surface area contributed by atoms with E-state index in [9.17, 15) is 9.59 Å². The Hall–Kier alpha value is -2.82.